The number of carbonyl (C=O) groups excluding carboxylic acids is 1. The van der Waals surface area contributed by atoms with Gasteiger partial charge >= 0.3 is 0 Å². The zero-order valence-electron chi connectivity index (χ0n) is 10.1. The lowest BCUT2D eigenvalue weighted by Gasteiger charge is -2.25. The normalized spacial score (nSPS) is 16.4. The summed E-state index contributed by atoms with van der Waals surface area (Å²) in [6, 6.07) is 1.76. The van der Waals surface area contributed by atoms with Gasteiger partial charge in [0.1, 0.15) is 0 Å². The van der Waals surface area contributed by atoms with E-state index in [0.29, 0.717) is 26.3 Å². The SMILES string of the molecule is O=C(CN1CCOCC1)Nc1ccc(F)c(F)c1F. The molecule has 0 aromatic heterocycles. The quantitative estimate of drug-likeness (QED) is 0.847. The van der Waals surface area contributed by atoms with Crippen molar-refractivity contribution < 1.29 is 22.7 Å². The van der Waals surface area contributed by atoms with Crippen LogP contribution in [0.15, 0.2) is 12.1 Å². The van der Waals surface area contributed by atoms with Gasteiger partial charge in [-0.05, 0) is 12.1 Å². The zero-order chi connectivity index (χ0) is 13.8. The smallest absolute Gasteiger partial charge is 0.238 e. The summed E-state index contributed by atoms with van der Waals surface area (Å²) in [5, 5.41) is 2.22. The lowest BCUT2D eigenvalue weighted by molar-refractivity contribution is -0.118. The van der Waals surface area contributed by atoms with Crippen molar-refractivity contribution in [1.29, 1.82) is 0 Å². The fourth-order valence-corrected chi connectivity index (χ4v) is 1.77. The molecule has 0 aliphatic carbocycles. The third-order valence-corrected chi connectivity index (χ3v) is 2.78. The van der Waals surface area contributed by atoms with Gasteiger partial charge in [0.2, 0.25) is 5.91 Å². The van der Waals surface area contributed by atoms with Gasteiger partial charge in [0.25, 0.3) is 0 Å². The van der Waals surface area contributed by atoms with E-state index in [2.05, 4.69) is 5.32 Å². The summed E-state index contributed by atoms with van der Waals surface area (Å²) >= 11 is 0. The second kappa shape index (κ2) is 6.03. The molecule has 7 heteroatoms. The van der Waals surface area contributed by atoms with E-state index < -0.39 is 23.4 Å². The lowest BCUT2D eigenvalue weighted by Crippen LogP contribution is -2.41. The Labute approximate surface area is 108 Å². The molecule has 1 aromatic rings. The van der Waals surface area contributed by atoms with Crippen molar-refractivity contribution in [1.82, 2.24) is 4.90 Å². The molecule has 0 saturated carbocycles. The number of carbonyl (C=O) groups is 1. The second-order valence-corrected chi connectivity index (χ2v) is 4.16. The summed E-state index contributed by atoms with van der Waals surface area (Å²) in [6.07, 6.45) is 0. The number of benzene rings is 1. The number of rotatable bonds is 3. The predicted molar refractivity (Wildman–Crippen MR) is 62.2 cm³/mol. The topological polar surface area (TPSA) is 41.6 Å². The molecule has 1 fully saturated rings. The van der Waals surface area contributed by atoms with Crippen LogP contribution in [0.3, 0.4) is 0 Å². The van der Waals surface area contributed by atoms with Crippen LogP contribution in [-0.4, -0.2) is 43.7 Å². The number of nitrogens with zero attached hydrogens (tertiary/aromatic N) is 1. The van der Waals surface area contributed by atoms with Crippen molar-refractivity contribution in [3.63, 3.8) is 0 Å². The molecule has 0 spiro atoms. The predicted octanol–water partition coefficient (Wildman–Crippen LogP) is 1.37. The van der Waals surface area contributed by atoms with Gasteiger partial charge in [0, 0.05) is 13.1 Å². The fraction of sp³-hybridized carbons (Fsp3) is 0.417. The highest BCUT2D eigenvalue weighted by molar-refractivity contribution is 5.92. The van der Waals surface area contributed by atoms with Gasteiger partial charge in [-0.3, -0.25) is 9.69 Å². The first-order chi connectivity index (χ1) is 9.08. The van der Waals surface area contributed by atoms with Gasteiger partial charge in [-0.15, -0.1) is 0 Å². The summed E-state index contributed by atoms with van der Waals surface area (Å²) in [4.78, 5) is 13.5. The maximum Gasteiger partial charge on any atom is 0.238 e. The molecule has 1 heterocycles. The Morgan fingerprint density at radius 2 is 1.89 bits per heavy atom. The number of anilines is 1. The van der Waals surface area contributed by atoms with E-state index in [9.17, 15) is 18.0 Å². The number of ether oxygens (including phenoxy) is 1. The summed E-state index contributed by atoms with van der Waals surface area (Å²) in [5.41, 5.74) is -0.364. The van der Waals surface area contributed by atoms with Gasteiger partial charge < -0.3 is 10.1 Å². The van der Waals surface area contributed by atoms with Gasteiger partial charge in [-0.2, -0.15) is 0 Å². The highest BCUT2D eigenvalue weighted by Crippen LogP contribution is 2.19. The molecule has 0 radical (unpaired) electrons. The maximum absolute atomic E-state index is 13.3. The molecule has 104 valence electrons. The van der Waals surface area contributed by atoms with Crippen molar-refractivity contribution in [3.05, 3.63) is 29.6 Å². The molecule has 1 N–H and O–H groups in total. The molecular formula is C12H13F3N2O2. The van der Waals surface area contributed by atoms with Crippen LogP contribution in [0.4, 0.5) is 18.9 Å². The first-order valence-corrected chi connectivity index (χ1v) is 5.81. The van der Waals surface area contributed by atoms with Crippen LogP contribution in [0.5, 0.6) is 0 Å². The van der Waals surface area contributed by atoms with Gasteiger partial charge in [0.15, 0.2) is 17.5 Å². The van der Waals surface area contributed by atoms with Crippen LogP contribution in [0.1, 0.15) is 0 Å². The van der Waals surface area contributed by atoms with Gasteiger partial charge in [-0.1, -0.05) is 0 Å². The van der Waals surface area contributed by atoms with Crippen molar-refractivity contribution in [2.45, 2.75) is 0 Å². The first kappa shape index (κ1) is 13.8. The number of hydrogen-bond acceptors (Lipinski definition) is 3. The average Bonchev–Trinajstić information content (AvgIpc) is 2.41. The molecule has 1 amide bonds. The van der Waals surface area contributed by atoms with E-state index in [4.69, 9.17) is 4.74 Å². The average molecular weight is 274 g/mol. The Morgan fingerprint density at radius 3 is 2.58 bits per heavy atom. The standard InChI is InChI=1S/C12H13F3N2O2/c13-8-1-2-9(12(15)11(8)14)16-10(18)7-17-3-5-19-6-4-17/h1-2H,3-7H2,(H,16,18). The van der Waals surface area contributed by atoms with Crippen LogP contribution in [0, 0.1) is 17.5 Å². The van der Waals surface area contributed by atoms with Crippen LogP contribution in [0.25, 0.3) is 0 Å². The van der Waals surface area contributed by atoms with E-state index in [0.717, 1.165) is 12.1 Å². The Kier molecular flexibility index (Phi) is 4.39. The third-order valence-electron chi connectivity index (χ3n) is 2.78. The Bertz CT molecular complexity index is 476. The molecule has 19 heavy (non-hydrogen) atoms. The van der Waals surface area contributed by atoms with Crippen molar-refractivity contribution in [3.8, 4) is 0 Å². The molecule has 2 rings (SSSR count). The van der Waals surface area contributed by atoms with Crippen molar-refractivity contribution in [2.75, 3.05) is 38.2 Å². The summed E-state index contributed by atoms with van der Waals surface area (Å²) in [5.74, 6) is -4.75. The molecule has 1 aliphatic rings. The second-order valence-electron chi connectivity index (χ2n) is 4.16. The van der Waals surface area contributed by atoms with Crippen LogP contribution in [-0.2, 0) is 9.53 Å². The van der Waals surface area contributed by atoms with Gasteiger partial charge in [0.05, 0.1) is 25.4 Å². The highest BCUT2D eigenvalue weighted by Gasteiger charge is 2.18. The minimum atomic E-state index is -1.59. The number of morpholine rings is 1. The van der Waals surface area contributed by atoms with Crippen LogP contribution in [0.2, 0.25) is 0 Å². The lowest BCUT2D eigenvalue weighted by atomic mass is 10.2. The number of halogens is 3. The number of hydrogen-bond donors (Lipinski definition) is 1. The molecule has 0 unspecified atom stereocenters. The Morgan fingerprint density at radius 1 is 1.21 bits per heavy atom. The van der Waals surface area contributed by atoms with E-state index in [1.54, 1.807) is 0 Å². The summed E-state index contributed by atoms with van der Waals surface area (Å²) in [6.45, 7) is 2.34. The third kappa shape index (κ3) is 3.45. The minimum Gasteiger partial charge on any atom is -0.379 e. The molecule has 1 aliphatic heterocycles. The maximum atomic E-state index is 13.3. The molecule has 1 saturated heterocycles. The molecule has 0 atom stereocenters. The zero-order valence-corrected chi connectivity index (χ0v) is 10.1. The monoisotopic (exact) mass is 274 g/mol. The van der Waals surface area contributed by atoms with E-state index in [-0.39, 0.29) is 12.2 Å². The van der Waals surface area contributed by atoms with Crippen molar-refractivity contribution in [2.24, 2.45) is 0 Å². The summed E-state index contributed by atoms with van der Waals surface area (Å²) < 4.78 is 44.2. The van der Waals surface area contributed by atoms with E-state index >= 15 is 0 Å². The molecule has 0 bridgehead atoms. The molecule has 4 nitrogen and oxygen atoms in total. The summed E-state index contributed by atoms with van der Waals surface area (Å²) in [7, 11) is 0. The van der Waals surface area contributed by atoms with Crippen molar-refractivity contribution >= 4 is 11.6 Å². The molecular weight excluding hydrogens is 261 g/mol. The van der Waals surface area contributed by atoms with Gasteiger partial charge in [-0.25, -0.2) is 13.2 Å². The first-order valence-electron chi connectivity index (χ1n) is 5.81. The highest BCUT2D eigenvalue weighted by atomic mass is 19.2. The van der Waals surface area contributed by atoms with E-state index in [1.165, 1.54) is 0 Å². The fourth-order valence-electron chi connectivity index (χ4n) is 1.77. The van der Waals surface area contributed by atoms with Crippen LogP contribution >= 0.6 is 0 Å². The number of amides is 1. The largest absolute Gasteiger partial charge is 0.379 e. The van der Waals surface area contributed by atoms with Crippen LogP contribution < -0.4 is 5.32 Å². The van der Waals surface area contributed by atoms with E-state index in [1.807, 2.05) is 4.90 Å². The molecule has 1 aromatic carbocycles. The minimum absolute atomic E-state index is 0.0573. The Hall–Kier alpha value is -1.60. The number of nitrogens with one attached hydrogen (secondary N) is 1. The Balaban J connectivity index is 1.97.